The minimum absolute atomic E-state index is 0.0763. The first-order valence-corrected chi connectivity index (χ1v) is 5.02. The van der Waals surface area contributed by atoms with Crippen LogP contribution in [0.1, 0.15) is 26.7 Å². The highest BCUT2D eigenvalue weighted by Crippen LogP contribution is 2.23. The van der Waals surface area contributed by atoms with Gasteiger partial charge in [0.05, 0.1) is 12.1 Å². The summed E-state index contributed by atoms with van der Waals surface area (Å²) in [6, 6.07) is 0.356. The lowest BCUT2D eigenvalue weighted by molar-refractivity contribution is -0.0105. The standard InChI is InChI=1S/C9H19N3O2/c1-3-14-8-4-7(5-8)11-6(2)9(10)12-13/h6-8,11,13H,3-5H2,1-2H3,(H2,10,12). The van der Waals surface area contributed by atoms with Gasteiger partial charge in [-0.05, 0) is 26.7 Å². The van der Waals surface area contributed by atoms with Gasteiger partial charge < -0.3 is 21.0 Å². The van der Waals surface area contributed by atoms with Gasteiger partial charge in [0.15, 0.2) is 5.84 Å². The third-order valence-electron chi connectivity index (χ3n) is 2.54. The lowest BCUT2D eigenvalue weighted by Crippen LogP contribution is -2.52. The Hall–Kier alpha value is -0.810. The summed E-state index contributed by atoms with van der Waals surface area (Å²) in [7, 11) is 0. The molecule has 0 aromatic carbocycles. The first-order valence-electron chi connectivity index (χ1n) is 5.02. The van der Waals surface area contributed by atoms with E-state index in [2.05, 4.69) is 10.5 Å². The molecule has 0 aromatic heterocycles. The van der Waals surface area contributed by atoms with Crippen LogP contribution in [0.25, 0.3) is 0 Å². The fourth-order valence-electron chi connectivity index (χ4n) is 1.60. The van der Waals surface area contributed by atoms with Crippen molar-refractivity contribution in [1.82, 2.24) is 5.32 Å². The van der Waals surface area contributed by atoms with E-state index >= 15 is 0 Å². The molecular formula is C9H19N3O2. The van der Waals surface area contributed by atoms with Crippen LogP contribution in [-0.2, 0) is 4.74 Å². The highest BCUT2D eigenvalue weighted by atomic mass is 16.5. The molecule has 0 bridgehead atoms. The number of amidine groups is 1. The molecule has 0 aromatic rings. The van der Waals surface area contributed by atoms with Crippen LogP contribution in [-0.4, -0.2) is 35.8 Å². The molecule has 1 atom stereocenters. The van der Waals surface area contributed by atoms with E-state index in [1.165, 1.54) is 0 Å². The van der Waals surface area contributed by atoms with Gasteiger partial charge in [0.2, 0.25) is 0 Å². The molecule has 0 spiro atoms. The molecule has 1 aliphatic carbocycles. The predicted octanol–water partition coefficient (Wildman–Crippen LogP) is 0.278. The van der Waals surface area contributed by atoms with Crippen molar-refractivity contribution in [3.63, 3.8) is 0 Å². The van der Waals surface area contributed by atoms with Crippen molar-refractivity contribution in [3.05, 3.63) is 0 Å². The van der Waals surface area contributed by atoms with Gasteiger partial charge in [-0.3, -0.25) is 0 Å². The summed E-state index contributed by atoms with van der Waals surface area (Å²) in [6.45, 7) is 4.65. The average Bonchev–Trinajstić information content (AvgIpc) is 2.13. The summed E-state index contributed by atoms with van der Waals surface area (Å²) in [5.41, 5.74) is 5.44. The summed E-state index contributed by atoms with van der Waals surface area (Å²) in [4.78, 5) is 0. The van der Waals surface area contributed by atoms with Crippen LogP contribution in [0, 0.1) is 0 Å². The van der Waals surface area contributed by atoms with Gasteiger partial charge in [-0.1, -0.05) is 5.16 Å². The third kappa shape index (κ3) is 2.85. The summed E-state index contributed by atoms with van der Waals surface area (Å²) >= 11 is 0. The molecular weight excluding hydrogens is 182 g/mol. The Morgan fingerprint density at radius 2 is 2.36 bits per heavy atom. The molecule has 4 N–H and O–H groups in total. The number of oxime groups is 1. The second kappa shape index (κ2) is 5.17. The van der Waals surface area contributed by atoms with Gasteiger partial charge in [0.1, 0.15) is 0 Å². The molecule has 0 heterocycles. The zero-order chi connectivity index (χ0) is 10.6. The number of hydrogen-bond donors (Lipinski definition) is 3. The summed E-state index contributed by atoms with van der Waals surface area (Å²) < 4.78 is 5.43. The quantitative estimate of drug-likeness (QED) is 0.258. The van der Waals surface area contributed by atoms with E-state index in [4.69, 9.17) is 15.7 Å². The van der Waals surface area contributed by atoms with Gasteiger partial charge in [0, 0.05) is 12.6 Å². The molecule has 82 valence electrons. The van der Waals surface area contributed by atoms with Gasteiger partial charge in [-0.15, -0.1) is 0 Å². The summed E-state index contributed by atoms with van der Waals surface area (Å²) in [5.74, 6) is 0.227. The van der Waals surface area contributed by atoms with Crippen LogP contribution < -0.4 is 11.1 Å². The maximum atomic E-state index is 8.44. The maximum absolute atomic E-state index is 8.44. The molecule has 1 rings (SSSR count). The van der Waals surface area contributed by atoms with Crippen LogP contribution in [0.2, 0.25) is 0 Å². The first-order chi connectivity index (χ1) is 6.67. The van der Waals surface area contributed by atoms with Gasteiger partial charge in [-0.25, -0.2) is 0 Å². The van der Waals surface area contributed by atoms with Crippen molar-refractivity contribution in [2.45, 2.75) is 44.9 Å². The molecule has 1 fully saturated rings. The molecule has 0 radical (unpaired) electrons. The Morgan fingerprint density at radius 1 is 1.71 bits per heavy atom. The van der Waals surface area contributed by atoms with E-state index in [1.807, 2.05) is 13.8 Å². The minimum Gasteiger partial charge on any atom is -0.409 e. The highest BCUT2D eigenvalue weighted by molar-refractivity contribution is 5.84. The SMILES string of the molecule is CCOC1CC(NC(C)C(N)=NO)C1. The van der Waals surface area contributed by atoms with E-state index in [-0.39, 0.29) is 11.9 Å². The zero-order valence-electron chi connectivity index (χ0n) is 8.73. The smallest absolute Gasteiger partial charge is 0.156 e. The second-order valence-electron chi connectivity index (χ2n) is 3.66. The van der Waals surface area contributed by atoms with Crippen LogP contribution in [0.4, 0.5) is 0 Å². The van der Waals surface area contributed by atoms with E-state index < -0.39 is 0 Å². The van der Waals surface area contributed by atoms with Crippen LogP contribution in [0.15, 0.2) is 5.16 Å². The fourth-order valence-corrected chi connectivity index (χ4v) is 1.60. The van der Waals surface area contributed by atoms with Crippen molar-refractivity contribution in [1.29, 1.82) is 0 Å². The molecule has 14 heavy (non-hydrogen) atoms. The van der Waals surface area contributed by atoms with E-state index in [1.54, 1.807) is 0 Å². The van der Waals surface area contributed by atoms with E-state index in [9.17, 15) is 0 Å². The van der Waals surface area contributed by atoms with Crippen molar-refractivity contribution in [2.24, 2.45) is 10.9 Å². The van der Waals surface area contributed by atoms with Crippen molar-refractivity contribution >= 4 is 5.84 Å². The number of nitrogens with zero attached hydrogens (tertiary/aromatic N) is 1. The Balaban J connectivity index is 2.16. The highest BCUT2D eigenvalue weighted by Gasteiger charge is 2.30. The average molecular weight is 201 g/mol. The number of hydrogen-bond acceptors (Lipinski definition) is 4. The number of ether oxygens (including phenoxy) is 1. The lowest BCUT2D eigenvalue weighted by atomic mass is 9.88. The van der Waals surface area contributed by atoms with Gasteiger partial charge in [0.25, 0.3) is 0 Å². The lowest BCUT2D eigenvalue weighted by Gasteiger charge is -2.37. The topological polar surface area (TPSA) is 79.9 Å². The third-order valence-corrected chi connectivity index (χ3v) is 2.54. The van der Waals surface area contributed by atoms with Crippen molar-refractivity contribution in [2.75, 3.05) is 6.61 Å². The monoisotopic (exact) mass is 201 g/mol. The molecule has 0 aliphatic heterocycles. The maximum Gasteiger partial charge on any atom is 0.156 e. The van der Waals surface area contributed by atoms with E-state index in [0.717, 1.165) is 19.4 Å². The summed E-state index contributed by atoms with van der Waals surface area (Å²) in [5, 5.41) is 14.7. The number of rotatable bonds is 5. The first kappa shape index (κ1) is 11.3. The molecule has 5 nitrogen and oxygen atoms in total. The van der Waals surface area contributed by atoms with Gasteiger partial charge in [-0.2, -0.15) is 0 Å². The van der Waals surface area contributed by atoms with Crippen LogP contribution in [0.5, 0.6) is 0 Å². The van der Waals surface area contributed by atoms with Crippen molar-refractivity contribution < 1.29 is 9.94 Å². The fraction of sp³-hybridized carbons (Fsp3) is 0.889. The van der Waals surface area contributed by atoms with Crippen LogP contribution in [0.3, 0.4) is 0 Å². The molecule has 1 aliphatic rings. The Morgan fingerprint density at radius 3 is 2.86 bits per heavy atom. The molecule has 0 saturated heterocycles. The number of nitrogens with one attached hydrogen (secondary N) is 1. The largest absolute Gasteiger partial charge is 0.409 e. The van der Waals surface area contributed by atoms with Gasteiger partial charge >= 0.3 is 0 Å². The Kier molecular flexibility index (Phi) is 4.16. The van der Waals surface area contributed by atoms with E-state index in [0.29, 0.717) is 12.1 Å². The normalized spacial score (nSPS) is 29.7. The molecule has 0 amide bonds. The zero-order valence-corrected chi connectivity index (χ0v) is 8.73. The molecule has 5 heteroatoms. The van der Waals surface area contributed by atoms with Crippen LogP contribution >= 0.6 is 0 Å². The number of nitrogens with two attached hydrogens (primary N) is 1. The second-order valence-corrected chi connectivity index (χ2v) is 3.66. The minimum atomic E-state index is -0.0763. The van der Waals surface area contributed by atoms with Crippen molar-refractivity contribution in [3.8, 4) is 0 Å². The predicted molar refractivity (Wildman–Crippen MR) is 54.4 cm³/mol. The molecule has 1 unspecified atom stereocenters. The molecule has 1 saturated carbocycles. The Bertz CT molecular complexity index is 202. The summed E-state index contributed by atoms with van der Waals surface area (Å²) in [6.07, 6.45) is 2.41. The Labute approximate surface area is 84.3 Å².